The van der Waals surface area contributed by atoms with Crippen LogP contribution >= 0.6 is 11.6 Å². The van der Waals surface area contributed by atoms with Crippen LogP contribution in [0.3, 0.4) is 0 Å². The van der Waals surface area contributed by atoms with Gasteiger partial charge in [-0.25, -0.2) is 9.18 Å². The van der Waals surface area contributed by atoms with Crippen LogP contribution in [0, 0.1) is 5.82 Å². The second-order valence-electron chi connectivity index (χ2n) is 3.81. The molecular formula is C12H9ClFN2O3. The van der Waals surface area contributed by atoms with Crippen molar-refractivity contribution in [1.82, 2.24) is 9.88 Å². The van der Waals surface area contributed by atoms with E-state index in [0.717, 1.165) is 6.07 Å². The van der Waals surface area contributed by atoms with Crippen molar-refractivity contribution >= 4 is 34.3 Å². The van der Waals surface area contributed by atoms with Crippen molar-refractivity contribution in [3.8, 4) is 0 Å². The minimum absolute atomic E-state index is 0.0475. The maximum atomic E-state index is 13.4. The minimum Gasteiger partial charge on any atom is -0.463 e. The summed E-state index contributed by atoms with van der Waals surface area (Å²) in [6, 6.07) is 2.33. The second kappa shape index (κ2) is 4.89. The Morgan fingerprint density at radius 3 is 2.79 bits per heavy atom. The van der Waals surface area contributed by atoms with Crippen LogP contribution in [-0.2, 0) is 6.54 Å². The summed E-state index contributed by atoms with van der Waals surface area (Å²) in [5, 5.41) is 11.8. The van der Waals surface area contributed by atoms with Gasteiger partial charge < -0.3 is 9.67 Å². The molecule has 1 heterocycles. The number of aromatic nitrogens is 1. The molecular weight excluding hydrogens is 275 g/mol. The number of benzene rings is 1. The van der Waals surface area contributed by atoms with Crippen molar-refractivity contribution in [3.63, 3.8) is 0 Å². The van der Waals surface area contributed by atoms with Crippen LogP contribution < -0.4 is 10.7 Å². The van der Waals surface area contributed by atoms with E-state index in [1.165, 1.54) is 12.3 Å². The topological polar surface area (TPSA) is 73.4 Å². The Morgan fingerprint density at radius 2 is 2.21 bits per heavy atom. The van der Waals surface area contributed by atoms with Crippen LogP contribution in [0.15, 0.2) is 23.1 Å². The lowest BCUT2D eigenvalue weighted by Gasteiger charge is -2.11. The first kappa shape index (κ1) is 13.4. The average molecular weight is 284 g/mol. The molecule has 1 amide bonds. The number of rotatable bonds is 2. The van der Waals surface area contributed by atoms with Gasteiger partial charge in [0.2, 0.25) is 5.43 Å². The summed E-state index contributed by atoms with van der Waals surface area (Å²) in [5.74, 6) is -0.735. The summed E-state index contributed by atoms with van der Waals surface area (Å²) in [7, 11) is 0. The molecule has 99 valence electrons. The van der Waals surface area contributed by atoms with Crippen LogP contribution in [0.25, 0.3) is 10.9 Å². The van der Waals surface area contributed by atoms with Crippen LogP contribution in [0.1, 0.15) is 6.92 Å². The summed E-state index contributed by atoms with van der Waals surface area (Å²) in [6.07, 6.45) is -0.166. The van der Waals surface area contributed by atoms with Crippen molar-refractivity contribution in [2.24, 2.45) is 0 Å². The van der Waals surface area contributed by atoms with Gasteiger partial charge in [0.15, 0.2) is 0 Å². The first-order valence-corrected chi connectivity index (χ1v) is 5.78. The zero-order chi connectivity index (χ0) is 14.2. The SMILES string of the molecule is CCn1cc([N]C(=O)O)c(=O)c2cc(F)c(Cl)cc21. The molecule has 1 aromatic carbocycles. The molecule has 0 bridgehead atoms. The molecule has 0 saturated heterocycles. The molecule has 1 radical (unpaired) electrons. The Labute approximate surface area is 112 Å². The van der Waals surface area contributed by atoms with Crippen molar-refractivity contribution in [1.29, 1.82) is 0 Å². The average Bonchev–Trinajstić information content (AvgIpc) is 2.35. The monoisotopic (exact) mass is 283 g/mol. The fourth-order valence-electron chi connectivity index (χ4n) is 1.81. The zero-order valence-electron chi connectivity index (χ0n) is 9.85. The lowest BCUT2D eigenvalue weighted by atomic mass is 10.2. The van der Waals surface area contributed by atoms with Crippen molar-refractivity contribution in [2.45, 2.75) is 13.5 Å². The first-order valence-electron chi connectivity index (χ1n) is 5.41. The molecule has 19 heavy (non-hydrogen) atoms. The number of pyridine rings is 1. The fraction of sp³-hybridized carbons (Fsp3) is 0.167. The smallest absolute Gasteiger partial charge is 0.431 e. The molecule has 1 aromatic heterocycles. The normalized spacial score (nSPS) is 10.7. The number of hydrogen-bond acceptors (Lipinski definition) is 2. The molecule has 0 aliphatic rings. The molecule has 2 aromatic rings. The predicted octanol–water partition coefficient (Wildman–Crippen LogP) is 2.73. The fourth-order valence-corrected chi connectivity index (χ4v) is 1.97. The van der Waals surface area contributed by atoms with Gasteiger partial charge in [0, 0.05) is 12.7 Å². The highest BCUT2D eigenvalue weighted by molar-refractivity contribution is 6.31. The number of amides is 1. The summed E-state index contributed by atoms with van der Waals surface area (Å²) in [5.41, 5.74) is -0.454. The standard InChI is InChI=1S/C12H9ClFN2O3/c1-2-16-5-9(15-12(18)19)11(17)6-3-8(14)7(13)4-10(6)16/h3-5H,2H2,1H3,(H,18,19). The molecule has 0 aliphatic heterocycles. The van der Waals surface area contributed by atoms with E-state index in [2.05, 4.69) is 5.32 Å². The zero-order valence-corrected chi connectivity index (χ0v) is 10.6. The second-order valence-corrected chi connectivity index (χ2v) is 4.21. The van der Waals surface area contributed by atoms with Gasteiger partial charge in [-0.3, -0.25) is 4.79 Å². The number of hydrogen-bond donors (Lipinski definition) is 1. The molecule has 5 nitrogen and oxygen atoms in total. The van der Waals surface area contributed by atoms with Gasteiger partial charge in [-0.15, -0.1) is 0 Å². The van der Waals surface area contributed by atoms with E-state index in [0.29, 0.717) is 12.1 Å². The molecule has 0 atom stereocenters. The van der Waals surface area contributed by atoms with Crippen LogP contribution in [0.5, 0.6) is 0 Å². The lowest BCUT2D eigenvalue weighted by molar-refractivity contribution is 0.198. The van der Waals surface area contributed by atoms with Crippen LogP contribution in [0.2, 0.25) is 5.02 Å². The lowest BCUT2D eigenvalue weighted by Crippen LogP contribution is -2.18. The third-order valence-electron chi connectivity index (χ3n) is 2.66. The van der Waals surface area contributed by atoms with E-state index in [9.17, 15) is 14.0 Å². The molecule has 0 saturated carbocycles. The number of aryl methyl sites for hydroxylation is 1. The summed E-state index contributed by atoms with van der Waals surface area (Å²) >= 11 is 5.69. The molecule has 0 unspecified atom stereocenters. The highest BCUT2D eigenvalue weighted by atomic mass is 35.5. The summed E-state index contributed by atoms with van der Waals surface area (Å²) in [6.45, 7) is 2.26. The number of carboxylic acid groups (broad SMARTS) is 1. The van der Waals surface area contributed by atoms with E-state index in [-0.39, 0.29) is 16.1 Å². The maximum absolute atomic E-state index is 13.4. The maximum Gasteiger partial charge on any atom is 0.431 e. The van der Waals surface area contributed by atoms with Crippen LogP contribution in [0.4, 0.5) is 14.9 Å². The highest BCUT2D eigenvalue weighted by Crippen LogP contribution is 2.22. The molecule has 7 heteroatoms. The summed E-state index contributed by atoms with van der Waals surface area (Å²) < 4.78 is 15.0. The Balaban J connectivity index is 2.83. The first-order chi connectivity index (χ1) is 8.93. The number of halogens is 2. The molecule has 1 N–H and O–H groups in total. The van der Waals surface area contributed by atoms with E-state index >= 15 is 0 Å². The van der Waals surface area contributed by atoms with E-state index in [1.54, 1.807) is 11.5 Å². The molecule has 2 rings (SSSR count). The van der Waals surface area contributed by atoms with Gasteiger partial charge in [0.05, 0.1) is 15.9 Å². The number of nitrogens with zero attached hydrogens (tertiary/aromatic N) is 2. The quantitative estimate of drug-likeness (QED) is 0.921. The molecule has 0 aliphatic carbocycles. The van der Waals surface area contributed by atoms with Gasteiger partial charge >= 0.3 is 6.09 Å². The number of carbonyl (C=O) groups is 1. The van der Waals surface area contributed by atoms with E-state index < -0.39 is 17.3 Å². The van der Waals surface area contributed by atoms with Crippen molar-refractivity contribution in [2.75, 3.05) is 0 Å². The van der Waals surface area contributed by atoms with Gasteiger partial charge in [-0.2, -0.15) is 5.32 Å². The van der Waals surface area contributed by atoms with Crippen LogP contribution in [-0.4, -0.2) is 15.8 Å². The van der Waals surface area contributed by atoms with Crippen molar-refractivity contribution in [3.05, 3.63) is 39.4 Å². The highest BCUT2D eigenvalue weighted by Gasteiger charge is 2.14. The van der Waals surface area contributed by atoms with Gasteiger partial charge in [-0.05, 0) is 19.1 Å². The third kappa shape index (κ3) is 2.39. The Bertz CT molecular complexity index is 727. The minimum atomic E-state index is -1.48. The third-order valence-corrected chi connectivity index (χ3v) is 2.95. The summed E-state index contributed by atoms with van der Waals surface area (Å²) in [4.78, 5) is 22.6. The Morgan fingerprint density at radius 1 is 1.53 bits per heavy atom. The Kier molecular flexibility index (Phi) is 3.44. The number of fused-ring (bicyclic) bond motifs is 1. The van der Waals surface area contributed by atoms with E-state index in [1.807, 2.05) is 0 Å². The largest absolute Gasteiger partial charge is 0.463 e. The predicted molar refractivity (Wildman–Crippen MR) is 68.7 cm³/mol. The van der Waals surface area contributed by atoms with Gasteiger partial charge in [0.1, 0.15) is 11.5 Å². The Hall–Kier alpha value is -2.08. The van der Waals surface area contributed by atoms with Gasteiger partial charge in [-0.1, -0.05) is 11.6 Å². The van der Waals surface area contributed by atoms with E-state index in [4.69, 9.17) is 16.7 Å². The molecule has 0 spiro atoms. The van der Waals surface area contributed by atoms with Crippen molar-refractivity contribution < 1.29 is 14.3 Å². The van der Waals surface area contributed by atoms with Gasteiger partial charge in [0.25, 0.3) is 0 Å². The molecule has 0 fully saturated rings.